The molecule has 0 amide bonds. The SMILES string of the molecule is CC(CN1CCN(c2ccccc2F)CC1)C(=O)O. The molecular weight excluding hydrogens is 247 g/mol. The summed E-state index contributed by atoms with van der Waals surface area (Å²) >= 11 is 0. The second-order valence-corrected chi connectivity index (χ2v) is 4.98. The van der Waals surface area contributed by atoms with Gasteiger partial charge in [-0.2, -0.15) is 0 Å². The Kier molecular flexibility index (Phi) is 4.37. The van der Waals surface area contributed by atoms with E-state index in [1.54, 1.807) is 19.1 Å². The molecular formula is C14H19FN2O2. The lowest BCUT2D eigenvalue weighted by Gasteiger charge is -2.36. The summed E-state index contributed by atoms with van der Waals surface area (Å²) in [6, 6.07) is 6.76. The molecule has 1 fully saturated rings. The van der Waals surface area contributed by atoms with Crippen LogP contribution in [0.15, 0.2) is 24.3 Å². The van der Waals surface area contributed by atoms with Crippen molar-refractivity contribution >= 4 is 11.7 Å². The highest BCUT2D eigenvalue weighted by Gasteiger charge is 2.22. The second kappa shape index (κ2) is 6.02. The summed E-state index contributed by atoms with van der Waals surface area (Å²) in [6.07, 6.45) is 0. The second-order valence-electron chi connectivity index (χ2n) is 4.98. The van der Waals surface area contributed by atoms with Gasteiger partial charge in [0, 0.05) is 32.7 Å². The summed E-state index contributed by atoms with van der Waals surface area (Å²) < 4.78 is 13.7. The van der Waals surface area contributed by atoms with Crippen LogP contribution in [0, 0.1) is 11.7 Å². The molecule has 0 saturated carbocycles. The Bertz CT molecular complexity index is 445. The number of halogens is 1. The van der Waals surface area contributed by atoms with Crippen molar-refractivity contribution in [2.45, 2.75) is 6.92 Å². The molecule has 1 aliphatic rings. The first kappa shape index (κ1) is 13.8. The molecule has 5 heteroatoms. The Morgan fingerprint density at radius 3 is 2.53 bits per heavy atom. The number of benzene rings is 1. The molecule has 2 rings (SSSR count). The maximum absolute atomic E-state index is 13.7. The molecule has 4 nitrogen and oxygen atoms in total. The van der Waals surface area contributed by atoms with Crippen molar-refractivity contribution < 1.29 is 14.3 Å². The van der Waals surface area contributed by atoms with E-state index in [0.29, 0.717) is 12.2 Å². The van der Waals surface area contributed by atoms with Crippen molar-refractivity contribution in [3.8, 4) is 0 Å². The fraction of sp³-hybridized carbons (Fsp3) is 0.500. The van der Waals surface area contributed by atoms with E-state index in [4.69, 9.17) is 5.11 Å². The summed E-state index contributed by atoms with van der Waals surface area (Å²) in [4.78, 5) is 14.9. The molecule has 0 aromatic heterocycles. The monoisotopic (exact) mass is 266 g/mol. The van der Waals surface area contributed by atoms with Crippen molar-refractivity contribution in [3.63, 3.8) is 0 Å². The number of carbonyl (C=O) groups is 1. The number of piperazine rings is 1. The van der Waals surface area contributed by atoms with Crippen molar-refractivity contribution in [2.75, 3.05) is 37.6 Å². The zero-order valence-electron chi connectivity index (χ0n) is 11.1. The van der Waals surface area contributed by atoms with Gasteiger partial charge in [0.2, 0.25) is 0 Å². The number of carboxylic acids is 1. The lowest BCUT2D eigenvalue weighted by atomic mass is 10.1. The highest BCUT2D eigenvalue weighted by Crippen LogP contribution is 2.20. The molecule has 1 aromatic carbocycles. The number of nitrogens with zero attached hydrogens (tertiary/aromatic N) is 2. The number of para-hydroxylation sites is 1. The van der Waals surface area contributed by atoms with Gasteiger partial charge in [-0.1, -0.05) is 19.1 Å². The smallest absolute Gasteiger partial charge is 0.307 e. The topological polar surface area (TPSA) is 43.8 Å². The highest BCUT2D eigenvalue weighted by molar-refractivity contribution is 5.69. The van der Waals surface area contributed by atoms with Crippen molar-refractivity contribution in [1.29, 1.82) is 0 Å². The van der Waals surface area contributed by atoms with Gasteiger partial charge in [0.05, 0.1) is 11.6 Å². The van der Waals surface area contributed by atoms with E-state index in [-0.39, 0.29) is 11.7 Å². The van der Waals surface area contributed by atoms with E-state index in [1.807, 2.05) is 11.0 Å². The van der Waals surface area contributed by atoms with Crippen LogP contribution < -0.4 is 4.90 Å². The molecule has 104 valence electrons. The lowest BCUT2D eigenvalue weighted by molar-refractivity contribution is -0.141. The average molecular weight is 266 g/mol. The molecule has 1 N–H and O–H groups in total. The third-order valence-electron chi connectivity index (χ3n) is 3.52. The highest BCUT2D eigenvalue weighted by atomic mass is 19.1. The molecule has 1 aliphatic heterocycles. The van der Waals surface area contributed by atoms with Crippen LogP contribution in [-0.2, 0) is 4.79 Å². The van der Waals surface area contributed by atoms with E-state index in [1.165, 1.54) is 6.07 Å². The van der Waals surface area contributed by atoms with Crippen LogP contribution in [0.4, 0.5) is 10.1 Å². The molecule has 0 aliphatic carbocycles. The first-order valence-corrected chi connectivity index (χ1v) is 6.52. The third kappa shape index (κ3) is 3.44. The first-order chi connectivity index (χ1) is 9.08. The first-order valence-electron chi connectivity index (χ1n) is 6.52. The fourth-order valence-corrected chi connectivity index (χ4v) is 2.34. The van der Waals surface area contributed by atoms with Crippen molar-refractivity contribution in [2.24, 2.45) is 5.92 Å². The van der Waals surface area contributed by atoms with Crippen LogP contribution in [0.25, 0.3) is 0 Å². The Labute approximate surface area is 112 Å². The minimum atomic E-state index is -0.767. The Morgan fingerprint density at radius 1 is 1.32 bits per heavy atom. The van der Waals surface area contributed by atoms with Gasteiger partial charge in [0.25, 0.3) is 0 Å². The molecule has 1 saturated heterocycles. The fourth-order valence-electron chi connectivity index (χ4n) is 2.34. The number of hydrogen-bond acceptors (Lipinski definition) is 3. The predicted octanol–water partition coefficient (Wildman–Crippen LogP) is 1.67. The van der Waals surface area contributed by atoms with Crippen LogP contribution in [0.5, 0.6) is 0 Å². The van der Waals surface area contributed by atoms with E-state index in [2.05, 4.69) is 4.90 Å². The molecule has 1 heterocycles. The summed E-state index contributed by atoms with van der Waals surface area (Å²) in [5, 5.41) is 8.89. The van der Waals surface area contributed by atoms with Gasteiger partial charge in [0.1, 0.15) is 5.82 Å². The molecule has 1 aromatic rings. The van der Waals surface area contributed by atoms with E-state index >= 15 is 0 Å². The molecule has 1 atom stereocenters. The standard InChI is InChI=1S/C14H19FN2O2/c1-11(14(18)19)10-16-6-8-17(9-7-16)13-5-3-2-4-12(13)15/h2-5,11H,6-10H2,1H3,(H,18,19). The van der Waals surface area contributed by atoms with E-state index in [0.717, 1.165) is 26.2 Å². The van der Waals surface area contributed by atoms with E-state index < -0.39 is 5.97 Å². The van der Waals surface area contributed by atoms with Crippen molar-refractivity contribution in [3.05, 3.63) is 30.1 Å². The molecule has 0 radical (unpaired) electrons. The predicted molar refractivity (Wildman–Crippen MR) is 71.9 cm³/mol. The molecule has 0 spiro atoms. The zero-order chi connectivity index (χ0) is 13.8. The summed E-state index contributed by atoms with van der Waals surface area (Å²) in [5.41, 5.74) is 0.633. The van der Waals surface area contributed by atoms with Gasteiger partial charge >= 0.3 is 5.97 Å². The number of aliphatic carboxylic acids is 1. The van der Waals surface area contributed by atoms with Gasteiger partial charge in [-0.25, -0.2) is 4.39 Å². The van der Waals surface area contributed by atoms with E-state index in [9.17, 15) is 9.18 Å². The lowest BCUT2D eigenvalue weighted by Crippen LogP contribution is -2.48. The number of anilines is 1. The summed E-state index contributed by atoms with van der Waals surface area (Å²) in [6.45, 7) is 5.27. The largest absolute Gasteiger partial charge is 0.481 e. The van der Waals surface area contributed by atoms with Gasteiger partial charge in [-0.3, -0.25) is 9.69 Å². The number of hydrogen-bond donors (Lipinski definition) is 1. The Hall–Kier alpha value is -1.62. The minimum absolute atomic E-state index is 0.199. The molecule has 0 bridgehead atoms. The quantitative estimate of drug-likeness (QED) is 0.900. The Balaban J connectivity index is 1.89. The minimum Gasteiger partial charge on any atom is -0.481 e. The third-order valence-corrected chi connectivity index (χ3v) is 3.52. The van der Waals surface area contributed by atoms with Crippen molar-refractivity contribution in [1.82, 2.24) is 4.90 Å². The molecule has 1 unspecified atom stereocenters. The number of rotatable bonds is 4. The van der Waals surface area contributed by atoms with Crippen LogP contribution in [-0.4, -0.2) is 48.7 Å². The van der Waals surface area contributed by atoms with Crippen LogP contribution in [0.2, 0.25) is 0 Å². The van der Waals surface area contributed by atoms with Gasteiger partial charge in [-0.15, -0.1) is 0 Å². The zero-order valence-corrected chi connectivity index (χ0v) is 11.1. The average Bonchev–Trinajstić information content (AvgIpc) is 2.40. The summed E-state index contributed by atoms with van der Waals surface area (Å²) in [5.74, 6) is -1.33. The maximum Gasteiger partial charge on any atom is 0.307 e. The van der Waals surface area contributed by atoms with Crippen LogP contribution in [0.1, 0.15) is 6.92 Å². The maximum atomic E-state index is 13.7. The van der Waals surface area contributed by atoms with Gasteiger partial charge < -0.3 is 10.0 Å². The van der Waals surface area contributed by atoms with Gasteiger partial charge in [-0.05, 0) is 12.1 Å². The molecule has 19 heavy (non-hydrogen) atoms. The van der Waals surface area contributed by atoms with Gasteiger partial charge in [0.15, 0.2) is 0 Å². The van der Waals surface area contributed by atoms with Crippen LogP contribution in [0.3, 0.4) is 0 Å². The Morgan fingerprint density at radius 2 is 1.95 bits per heavy atom. The van der Waals surface area contributed by atoms with Crippen LogP contribution >= 0.6 is 0 Å². The summed E-state index contributed by atoms with van der Waals surface area (Å²) in [7, 11) is 0. The number of carboxylic acid groups (broad SMARTS) is 1. The normalized spacial score (nSPS) is 18.3.